The van der Waals surface area contributed by atoms with Gasteiger partial charge in [0.05, 0.1) is 0 Å². The van der Waals surface area contributed by atoms with Crippen LogP contribution in [0, 0.1) is 6.92 Å². The Morgan fingerprint density at radius 3 is 2.00 bits per heavy atom. The molecule has 16 heavy (non-hydrogen) atoms. The Kier molecular flexibility index (Phi) is 3.78. The first-order valence-electron chi connectivity index (χ1n) is 4.11. The first-order valence-corrected chi connectivity index (χ1v) is 4.11. The Balaban J connectivity index is 3.67. The summed E-state index contributed by atoms with van der Waals surface area (Å²) in [5.74, 6) is 0. The highest BCUT2D eigenvalue weighted by molar-refractivity contribution is 5.82. The van der Waals surface area contributed by atoms with Crippen LogP contribution in [0.4, 0.5) is 17.1 Å². The lowest BCUT2D eigenvalue weighted by molar-refractivity contribution is 0.564. The lowest BCUT2D eigenvalue weighted by atomic mass is 10.1. The molecule has 6 nitrogen and oxygen atoms in total. The fourth-order valence-electron chi connectivity index (χ4n) is 1.15. The monoisotopic (exact) mass is 215 g/mol. The van der Waals surface area contributed by atoms with E-state index in [2.05, 4.69) is 15.0 Å². The van der Waals surface area contributed by atoms with E-state index in [1.165, 1.54) is 24.3 Å². The second-order valence-electron chi connectivity index (χ2n) is 2.71. The molecule has 0 spiro atoms. The minimum absolute atomic E-state index is 0.00157. The highest BCUT2D eigenvalue weighted by Gasteiger charge is 2.10. The Morgan fingerprint density at radius 2 is 1.44 bits per heavy atom. The van der Waals surface area contributed by atoms with Crippen molar-refractivity contribution in [2.24, 2.45) is 15.0 Å². The van der Waals surface area contributed by atoms with Crippen LogP contribution in [0.5, 0.6) is 0 Å². The summed E-state index contributed by atoms with van der Waals surface area (Å²) in [6.07, 6.45) is 3.96. The molecule has 0 aliphatic heterocycles. The van der Waals surface area contributed by atoms with Gasteiger partial charge in [-0.3, -0.25) is 0 Å². The molecule has 0 fully saturated rings. The van der Waals surface area contributed by atoms with E-state index in [1.54, 1.807) is 13.0 Å². The first-order chi connectivity index (χ1) is 7.74. The van der Waals surface area contributed by atoms with Crippen LogP contribution in [0.25, 0.3) is 0 Å². The summed E-state index contributed by atoms with van der Waals surface area (Å²) in [6.45, 7) is 1.66. The van der Waals surface area contributed by atoms with E-state index < -0.39 is 0 Å². The van der Waals surface area contributed by atoms with Gasteiger partial charge in [-0.1, -0.05) is 6.07 Å². The van der Waals surface area contributed by atoms with Crippen molar-refractivity contribution in [2.45, 2.75) is 6.92 Å². The van der Waals surface area contributed by atoms with E-state index in [0.29, 0.717) is 5.56 Å². The van der Waals surface area contributed by atoms with E-state index in [0.717, 1.165) is 0 Å². The Hall–Kier alpha value is -2.64. The number of benzene rings is 1. The van der Waals surface area contributed by atoms with Gasteiger partial charge in [-0.15, -0.1) is 0 Å². The van der Waals surface area contributed by atoms with Crippen LogP contribution in [-0.4, -0.2) is 18.2 Å². The summed E-state index contributed by atoms with van der Waals surface area (Å²) in [7, 11) is 0. The molecular formula is C10H5N3O3. The average Bonchev–Trinajstić information content (AvgIpc) is 2.27. The molecule has 0 atom stereocenters. The summed E-state index contributed by atoms with van der Waals surface area (Å²) >= 11 is 0. The number of hydrogen-bond donors (Lipinski definition) is 0. The van der Waals surface area contributed by atoms with Gasteiger partial charge in [0.25, 0.3) is 0 Å². The molecule has 1 aromatic rings. The summed E-state index contributed by atoms with van der Waals surface area (Å²) in [5.41, 5.74) is 0.830. The van der Waals surface area contributed by atoms with Gasteiger partial charge in [0, 0.05) is 0 Å². The quantitative estimate of drug-likeness (QED) is 0.569. The van der Waals surface area contributed by atoms with Gasteiger partial charge in [-0.2, -0.15) is 15.0 Å². The second-order valence-corrected chi connectivity index (χ2v) is 2.71. The van der Waals surface area contributed by atoms with Crippen LogP contribution in [0.15, 0.2) is 27.1 Å². The highest BCUT2D eigenvalue weighted by Crippen LogP contribution is 2.39. The summed E-state index contributed by atoms with van der Waals surface area (Å²) in [4.78, 5) is 40.7. The number of carbonyl (C=O) groups excluding carboxylic acids is 3. The predicted molar refractivity (Wildman–Crippen MR) is 54.5 cm³/mol. The fourth-order valence-corrected chi connectivity index (χ4v) is 1.15. The number of nitrogens with zero attached hydrogens (tertiary/aromatic N) is 3. The highest BCUT2D eigenvalue weighted by atomic mass is 16.1. The molecule has 1 rings (SSSR count). The van der Waals surface area contributed by atoms with Crippen LogP contribution >= 0.6 is 0 Å². The van der Waals surface area contributed by atoms with E-state index in [4.69, 9.17) is 0 Å². The number of aryl methyl sites for hydroxylation is 1. The normalized spacial score (nSPS) is 8.31. The predicted octanol–water partition coefficient (Wildman–Crippen LogP) is 1.90. The standard InChI is InChI=1S/C10H5N3O3/c1-7-2-3-8(11-4-14)10(13-6-16)9(7)12-5-15/h2-3H,1H3. The van der Waals surface area contributed by atoms with E-state index in [-0.39, 0.29) is 17.1 Å². The minimum Gasteiger partial charge on any atom is -0.211 e. The number of rotatable bonds is 3. The zero-order valence-electron chi connectivity index (χ0n) is 8.22. The summed E-state index contributed by atoms with van der Waals surface area (Å²) < 4.78 is 0. The van der Waals surface area contributed by atoms with E-state index in [1.807, 2.05) is 0 Å². The lowest BCUT2D eigenvalue weighted by Crippen LogP contribution is -1.77. The third kappa shape index (κ3) is 2.23. The van der Waals surface area contributed by atoms with Gasteiger partial charge in [0.15, 0.2) is 0 Å². The summed E-state index contributed by atoms with van der Waals surface area (Å²) in [6, 6.07) is 3.04. The number of aliphatic imine (C=N–C) groups is 3. The average molecular weight is 215 g/mol. The van der Waals surface area contributed by atoms with Crippen molar-refractivity contribution in [3.8, 4) is 0 Å². The van der Waals surface area contributed by atoms with Crippen LogP contribution < -0.4 is 0 Å². The van der Waals surface area contributed by atoms with Crippen molar-refractivity contribution < 1.29 is 14.4 Å². The number of hydrogen-bond acceptors (Lipinski definition) is 6. The third-order valence-corrected chi connectivity index (χ3v) is 1.81. The van der Waals surface area contributed by atoms with Crippen molar-refractivity contribution >= 4 is 35.3 Å². The lowest BCUT2D eigenvalue weighted by Gasteiger charge is -2.03. The molecule has 0 unspecified atom stereocenters. The fraction of sp³-hybridized carbons (Fsp3) is 0.100. The van der Waals surface area contributed by atoms with Crippen molar-refractivity contribution in [3.05, 3.63) is 17.7 Å². The number of isocyanates is 3. The molecule has 6 heteroatoms. The maximum atomic E-state index is 10.2. The van der Waals surface area contributed by atoms with Crippen molar-refractivity contribution in [1.29, 1.82) is 0 Å². The smallest absolute Gasteiger partial charge is 0.211 e. The topological polar surface area (TPSA) is 88.3 Å². The summed E-state index contributed by atoms with van der Waals surface area (Å²) in [5, 5.41) is 0. The zero-order chi connectivity index (χ0) is 12.0. The Morgan fingerprint density at radius 1 is 0.875 bits per heavy atom. The molecule has 78 valence electrons. The molecule has 1 aromatic carbocycles. The van der Waals surface area contributed by atoms with Crippen LogP contribution in [-0.2, 0) is 14.4 Å². The van der Waals surface area contributed by atoms with Crippen LogP contribution in [0.2, 0.25) is 0 Å². The first kappa shape index (κ1) is 11.4. The molecule has 0 saturated heterocycles. The maximum absolute atomic E-state index is 10.2. The molecular weight excluding hydrogens is 210 g/mol. The molecule has 0 aliphatic carbocycles. The molecule has 0 N–H and O–H groups in total. The minimum atomic E-state index is 0.00157. The molecule has 0 aromatic heterocycles. The molecule has 0 radical (unpaired) electrons. The SMILES string of the molecule is Cc1ccc(N=C=O)c(N=C=O)c1N=C=O. The second kappa shape index (κ2) is 5.29. The van der Waals surface area contributed by atoms with E-state index >= 15 is 0 Å². The molecule has 0 saturated carbocycles. The van der Waals surface area contributed by atoms with Crippen LogP contribution in [0.1, 0.15) is 5.56 Å². The van der Waals surface area contributed by atoms with Gasteiger partial charge in [0.2, 0.25) is 18.2 Å². The van der Waals surface area contributed by atoms with Gasteiger partial charge < -0.3 is 0 Å². The van der Waals surface area contributed by atoms with Crippen molar-refractivity contribution in [1.82, 2.24) is 0 Å². The van der Waals surface area contributed by atoms with Crippen molar-refractivity contribution in [3.63, 3.8) is 0 Å². The zero-order valence-corrected chi connectivity index (χ0v) is 8.22. The molecule has 0 amide bonds. The van der Waals surface area contributed by atoms with Gasteiger partial charge >= 0.3 is 0 Å². The Labute approximate surface area is 90.1 Å². The third-order valence-electron chi connectivity index (χ3n) is 1.81. The molecule has 0 aliphatic rings. The van der Waals surface area contributed by atoms with Gasteiger partial charge in [-0.05, 0) is 18.6 Å². The van der Waals surface area contributed by atoms with Crippen LogP contribution in [0.3, 0.4) is 0 Å². The maximum Gasteiger partial charge on any atom is 0.240 e. The van der Waals surface area contributed by atoms with Gasteiger partial charge in [0.1, 0.15) is 17.1 Å². The van der Waals surface area contributed by atoms with Crippen molar-refractivity contribution in [2.75, 3.05) is 0 Å². The molecule has 0 bridgehead atoms. The van der Waals surface area contributed by atoms with E-state index in [9.17, 15) is 14.4 Å². The Bertz CT molecular complexity index is 561. The molecule has 0 heterocycles. The van der Waals surface area contributed by atoms with Gasteiger partial charge in [-0.25, -0.2) is 14.4 Å². The largest absolute Gasteiger partial charge is 0.240 e.